The number of aryl methyl sites for hydroxylation is 1. The largest absolute Gasteiger partial charge is 0.337 e. The van der Waals surface area contributed by atoms with Gasteiger partial charge in [-0.2, -0.15) is 0 Å². The SMILES string of the molecule is Cc1cc(F)ccc1-c1ccc(C(=O)N2CCCNCC2)cc1F. The van der Waals surface area contributed by atoms with E-state index in [4.69, 9.17) is 0 Å². The molecule has 1 N–H and O–H groups in total. The molecule has 1 fully saturated rings. The molecule has 1 aliphatic rings. The molecule has 0 saturated carbocycles. The van der Waals surface area contributed by atoms with E-state index >= 15 is 0 Å². The maximum absolute atomic E-state index is 14.5. The second-order valence-corrected chi connectivity index (χ2v) is 6.05. The molecule has 126 valence electrons. The van der Waals surface area contributed by atoms with Crippen molar-refractivity contribution in [3.8, 4) is 11.1 Å². The Balaban J connectivity index is 1.88. The van der Waals surface area contributed by atoms with Gasteiger partial charge in [0.05, 0.1) is 0 Å². The van der Waals surface area contributed by atoms with E-state index in [0.29, 0.717) is 35.3 Å². The summed E-state index contributed by atoms with van der Waals surface area (Å²) in [5, 5.41) is 3.24. The zero-order valence-corrected chi connectivity index (χ0v) is 13.6. The first-order valence-corrected chi connectivity index (χ1v) is 8.12. The predicted molar refractivity (Wildman–Crippen MR) is 89.9 cm³/mol. The number of rotatable bonds is 2. The summed E-state index contributed by atoms with van der Waals surface area (Å²) < 4.78 is 27.8. The number of amides is 1. The lowest BCUT2D eigenvalue weighted by Crippen LogP contribution is -2.34. The van der Waals surface area contributed by atoms with E-state index in [1.54, 1.807) is 30.0 Å². The molecule has 5 heteroatoms. The van der Waals surface area contributed by atoms with Crippen LogP contribution in [0.1, 0.15) is 22.3 Å². The molecule has 1 heterocycles. The van der Waals surface area contributed by atoms with Gasteiger partial charge in [-0.3, -0.25) is 4.79 Å². The molecular formula is C19H20F2N2O. The first kappa shape index (κ1) is 16.6. The Labute approximate surface area is 140 Å². The number of carbonyl (C=O) groups excluding carboxylic acids is 1. The van der Waals surface area contributed by atoms with E-state index in [0.717, 1.165) is 19.5 Å². The average Bonchev–Trinajstić information content (AvgIpc) is 2.84. The Hall–Kier alpha value is -2.27. The fraction of sp³-hybridized carbons (Fsp3) is 0.316. The van der Waals surface area contributed by atoms with Crippen LogP contribution in [-0.4, -0.2) is 37.0 Å². The van der Waals surface area contributed by atoms with Crippen LogP contribution in [0.25, 0.3) is 11.1 Å². The third-order valence-electron chi connectivity index (χ3n) is 4.32. The summed E-state index contributed by atoms with van der Waals surface area (Å²) in [5.74, 6) is -0.971. The first-order valence-electron chi connectivity index (χ1n) is 8.12. The maximum Gasteiger partial charge on any atom is 0.254 e. The summed E-state index contributed by atoms with van der Waals surface area (Å²) in [6.45, 7) is 4.68. The Kier molecular flexibility index (Phi) is 4.90. The molecule has 2 aromatic carbocycles. The van der Waals surface area contributed by atoms with E-state index in [2.05, 4.69) is 5.32 Å². The highest BCUT2D eigenvalue weighted by Gasteiger charge is 2.19. The van der Waals surface area contributed by atoms with Crippen LogP contribution in [0.4, 0.5) is 8.78 Å². The Bertz CT molecular complexity index is 753. The van der Waals surface area contributed by atoms with Crippen LogP contribution in [0.15, 0.2) is 36.4 Å². The second-order valence-electron chi connectivity index (χ2n) is 6.05. The molecule has 1 aliphatic heterocycles. The van der Waals surface area contributed by atoms with Crippen molar-refractivity contribution in [2.24, 2.45) is 0 Å². The number of nitrogens with zero attached hydrogens (tertiary/aromatic N) is 1. The van der Waals surface area contributed by atoms with Gasteiger partial charge < -0.3 is 10.2 Å². The van der Waals surface area contributed by atoms with Gasteiger partial charge in [-0.1, -0.05) is 12.1 Å². The van der Waals surface area contributed by atoms with Crippen molar-refractivity contribution in [2.75, 3.05) is 26.2 Å². The van der Waals surface area contributed by atoms with Gasteiger partial charge in [0, 0.05) is 30.8 Å². The zero-order valence-electron chi connectivity index (χ0n) is 13.6. The number of nitrogens with one attached hydrogen (secondary N) is 1. The average molecular weight is 330 g/mol. The van der Waals surface area contributed by atoms with E-state index < -0.39 is 5.82 Å². The summed E-state index contributed by atoms with van der Waals surface area (Å²) in [6.07, 6.45) is 0.890. The predicted octanol–water partition coefficient (Wildman–Crippen LogP) is 3.38. The normalized spacial score (nSPS) is 15.2. The molecule has 0 aromatic heterocycles. The van der Waals surface area contributed by atoms with Gasteiger partial charge in [-0.15, -0.1) is 0 Å². The highest BCUT2D eigenvalue weighted by molar-refractivity contribution is 5.95. The molecule has 0 atom stereocenters. The fourth-order valence-corrected chi connectivity index (χ4v) is 3.03. The topological polar surface area (TPSA) is 32.3 Å². The van der Waals surface area contributed by atoms with Gasteiger partial charge in [0.15, 0.2) is 0 Å². The summed E-state index contributed by atoms with van der Waals surface area (Å²) in [5.41, 5.74) is 2.01. The van der Waals surface area contributed by atoms with Crippen LogP contribution in [-0.2, 0) is 0 Å². The fourth-order valence-electron chi connectivity index (χ4n) is 3.03. The van der Waals surface area contributed by atoms with Crippen molar-refractivity contribution in [1.29, 1.82) is 0 Å². The Morgan fingerprint density at radius 1 is 1.04 bits per heavy atom. The molecule has 2 aromatic rings. The van der Waals surface area contributed by atoms with E-state index in [9.17, 15) is 13.6 Å². The highest BCUT2D eigenvalue weighted by Crippen LogP contribution is 2.27. The highest BCUT2D eigenvalue weighted by atomic mass is 19.1. The number of carbonyl (C=O) groups is 1. The molecule has 0 bridgehead atoms. The number of hydrogen-bond donors (Lipinski definition) is 1. The van der Waals surface area contributed by atoms with E-state index in [-0.39, 0.29) is 11.7 Å². The van der Waals surface area contributed by atoms with Crippen LogP contribution in [0.5, 0.6) is 0 Å². The molecule has 0 unspecified atom stereocenters. The van der Waals surface area contributed by atoms with E-state index in [1.165, 1.54) is 18.2 Å². The Morgan fingerprint density at radius 3 is 2.58 bits per heavy atom. The lowest BCUT2D eigenvalue weighted by atomic mass is 9.98. The maximum atomic E-state index is 14.5. The van der Waals surface area contributed by atoms with Gasteiger partial charge in [-0.05, 0) is 55.3 Å². The second kappa shape index (κ2) is 7.09. The zero-order chi connectivity index (χ0) is 17.1. The molecule has 3 nitrogen and oxygen atoms in total. The molecule has 3 rings (SSSR count). The van der Waals surface area contributed by atoms with Crippen LogP contribution in [0, 0.1) is 18.6 Å². The van der Waals surface area contributed by atoms with Crippen molar-refractivity contribution in [2.45, 2.75) is 13.3 Å². The molecule has 1 saturated heterocycles. The quantitative estimate of drug-likeness (QED) is 0.915. The van der Waals surface area contributed by atoms with E-state index in [1.807, 2.05) is 0 Å². The third kappa shape index (κ3) is 3.46. The van der Waals surface area contributed by atoms with Crippen LogP contribution >= 0.6 is 0 Å². The first-order chi connectivity index (χ1) is 11.6. The van der Waals surface area contributed by atoms with Crippen molar-refractivity contribution in [3.05, 3.63) is 59.2 Å². The molecule has 1 amide bonds. The lowest BCUT2D eigenvalue weighted by molar-refractivity contribution is 0.0766. The summed E-state index contributed by atoms with van der Waals surface area (Å²) in [7, 11) is 0. The lowest BCUT2D eigenvalue weighted by Gasteiger charge is -2.20. The molecule has 0 aliphatic carbocycles. The van der Waals surface area contributed by atoms with Crippen LogP contribution in [0.2, 0.25) is 0 Å². The van der Waals surface area contributed by atoms with Crippen molar-refractivity contribution in [1.82, 2.24) is 10.2 Å². The monoisotopic (exact) mass is 330 g/mol. The smallest absolute Gasteiger partial charge is 0.254 e. The minimum atomic E-state index is -0.469. The van der Waals surface area contributed by atoms with Crippen molar-refractivity contribution in [3.63, 3.8) is 0 Å². The van der Waals surface area contributed by atoms with Gasteiger partial charge in [0.2, 0.25) is 0 Å². The summed E-state index contributed by atoms with van der Waals surface area (Å²) in [4.78, 5) is 14.3. The van der Waals surface area contributed by atoms with Crippen LogP contribution < -0.4 is 5.32 Å². The van der Waals surface area contributed by atoms with Crippen LogP contribution in [0.3, 0.4) is 0 Å². The van der Waals surface area contributed by atoms with Crippen molar-refractivity contribution >= 4 is 5.91 Å². The molecule has 24 heavy (non-hydrogen) atoms. The standard InChI is InChI=1S/C19H20F2N2O/c1-13-11-15(20)4-6-16(13)17-5-3-14(12-18(17)21)19(24)23-9-2-7-22-8-10-23/h3-6,11-12,22H,2,7-10H2,1H3. The van der Waals surface area contributed by atoms with Gasteiger partial charge in [0.25, 0.3) is 5.91 Å². The molecule has 0 spiro atoms. The number of hydrogen-bond acceptors (Lipinski definition) is 2. The molecular weight excluding hydrogens is 310 g/mol. The number of halogens is 2. The summed E-state index contributed by atoms with van der Waals surface area (Å²) in [6, 6.07) is 8.76. The van der Waals surface area contributed by atoms with Gasteiger partial charge in [0.1, 0.15) is 11.6 Å². The van der Waals surface area contributed by atoms with Gasteiger partial charge >= 0.3 is 0 Å². The molecule has 0 radical (unpaired) electrons. The van der Waals surface area contributed by atoms with Crippen molar-refractivity contribution < 1.29 is 13.6 Å². The minimum absolute atomic E-state index is 0.153. The minimum Gasteiger partial charge on any atom is -0.337 e. The number of benzene rings is 2. The Morgan fingerprint density at radius 2 is 1.83 bits per heavy atom. The third-order valence-corrected chi connectivity index (χ3v) is 4.32. The summed E-state index contributed by atoms with van der Waals surface area (Å²) >= 11 is 0. The van der Waals surface area contributed by atoms with Gasteiger partial charge in [-0.25, -0.2) is 8.78 Å².